The zero-order chi connectivity index (χ0) is 20.1. The summed E-state index contributed by atoms with van der Waals surface area (Å²) >= 11 is 13.6. The van der Waals surface area contributed by atoms with E-state index in [0.29, 0.717) is 3.42 Å². The molecule has 0 amide bonds. The van der Waals surface area contributed by atoms with Gasteiger partial charge in [0.15, 0.2) is 0 Å². The molecule has 31 heavy (non-hydrogen) atoms. The molecule has 0 aromatic rings. The van der Waals surface area contributed by atoms with E-state index < -0.39 is 0 Å². The van der Waals surface area contributed by atoms with Gasteiger partial charge in [-0.3, -0.25) is 0 Å². The van der Waals surface area contributed by atoms with Crippen molar-refractivity contribution >= 4 is 63.5 Å². The fourth-order valence-corrected chi connectivity index (χ4v) is 20.3. The Morgan fingerprint density at radius 3 is 1.97 bits per heavy atom. The van der Waals surface area contributed by atoms with Gasteiger partial charge >= 0.3 is 0 Å². The molecule has 0 heterocycles. The Morgan fingerprint density at radius 2 is 1.29 bits per heavy atom. The van der Waals surface area contributed by atoms with Crippen molar-refractivity contribution in [3.8, 4) is 0 Å². The second kappa shape index (κ2) is 3.93. The highest BCUT2D eigenvalue weighted by atomic mass is 127. The zero-order valence-corrected chi connectivity index (χ0v) is 21.5. The molecule has 22 unspecified atom stereocenters. The predicted molar refractivity (Wildman–Crippen MR) is 135 cm³/mol. The van der Waals surface area contributed by atoms with Crippen LogP contribution in [0.1, 0.15) is 25.7 Å². The van der Waals surface area contributed by atoms with Crippen molar-refractivity contribution in [2.75, 3.05) is 0 Å². The molecule has 0 bridgehead atoms. The number of halogens is 1. The van der Waals surface area contributed by atoms with Crippen LogP contribution in [0.3, 0.4) is 0 Å². The largest absolute Gasteiger partial charge is 0.171 e. The first-order chi connectivity index (χ1) is 14.8. The second-order valence-corrected chi connectivity index (χ2v) is 18.5. The van der Waals surface area contributed by atoms with Crippen LogP contribution in [0.15, 0.2) is 0 Å². The molecule has 0 aromatic carbocycles. The molecule has 0 N–H and O–H groups in total. The lowest BCUT2D eigenvalue weighted by Gasteiger charge is -3.05. The zero-order valence-electron chi connectivity index (χ0n) is 17.6. The van der Waals surface area contributed by atoms with Gasteiger partial charge in [-0.2, -0.15) is 25.3 Å². The van der Waals surface area contributed by atoms with Gasteiger partial charge in [-0.1, -0.05) is 27.9 Å². The maximum absolute atomic E-state index is 7.40. The second-order valence-electron chi connectivity index (χ2n) is 15.1. The summed E-state index contributed by atoms with van der Waals surface area (Å²) in [5, 5.41) is 0.298. The average Bonchev–Trinajstić information content (AvgIpc) is 2.69. The fraction of sp³-hybridized carbons (Fsp3) is 1.00. The minimum atomic E-state index is 0.0138. The summed E-state index contributed by atoms with van der Waals surface area (Å²) < 4.78 is 0.787. The third-order valence-electron chi connectivity index (χ3n) is 16.6. The summed E-state index contributed by atoms with van der Waals surface area (Å²) in [5.41, 5.74) is 0. The molecule has 5 heteroatoms. The number of fused-ring (bicyclic) bond motifs is 31. The molecular formula is C26H27B2IS2. The van der Waals surface area contributed by atoms with E-state index in [4.69, 9.17) is 41.0 Å². The Balaban J connectivity index is 0.927. The molecule has 0 aliphatic heterocycles. The molecule has 12 fully saturated rings. The third-order valence-corrected chi connectivity index (χ3v) is 20.9. The highest BCUT2D eigenvalue weighted by Gasteiger charge is 3.03. The molecule has 12 aliphatic carbocycles. The highest BCUT2D eigenvalue weighted by Crippen LogP contribution is 3.06. The van der Waals surface area contributed by atoms with Gasteiger partial charge in [-0.25, -0.2) is 0 Å². The van der Waals surface area contributed by atoms with Crippen LogP contribution in [0, 0.1) is 101 Å². The van der Waals surface area contributed by atoms with Crippen molar-refractivity contribution in [1.82, 2.24) is 0 Å². The van der Waals surface area contributed by atoms with E-state index in [0.717, 1.165) is 101 Å². The summed E-state index contributed by atoms with van der Waals surface area (Å²) in [6, 6.07) is 0. The van der Waals surface area contributed by atoms with Crippen LogP contribution in [0.5, 0.6) is 0 Å². The number of hydrogen-bond acceptors (Lipinski definition) is 2. The first-order valence-corrected chi connectivity index (χ1v) is 15.5. The van der Waals surface area contributed by atoms with Gasteiger partial charge in [-0.05, 0) is 132 Å². The van der Waals surface area contributed by atoms with E-state index in [1.165, 1.54) is 19.3 Å². The van der Waals surface area contributed by atoms with Crippen molar-refractivity contribution in [2.24, 2.45) is 101 Å². The first kappa shape index (κ1) is 17.1. The molecule has 0 spiro atoms. The minimum Gasteiger partial charge on any atom is -0.171 e. The Kier molecular flexibility index (Phi) is 2.17. The molecule has 156 valence electrons. The van der Waals surface area contributed by atoms with Gasteiger partial charge in [0.1, 0.15) is 0 Å². The Labute approximate surface area is 212 Å². The molecule has 12 rings (SSSR count). The number of rotatable bonds is 0. The lowest BCUT2D eigenvalue weighted by molar-refractivity contribution is -0.484. The van der Waals surface area contributed by atoms with Crippen molar-refractivity contribution < 1.29 is 0 Å². The van der Waals surface area contributed by atoms with Crippen LogP contribution >= 0.6 is 47.8 Å². The van der Waals surface area contributed by atoms with E-state index >= 15 is 0 Å². The summed E-state index contributed by atoms with van der Waals surface area (Å²) in [6.07, 6.45) is 5.70. The van der Waals surface area contributed by atoms with Crippen molar-refractivity contribution in [1.29, 1.82) is 0 Å². The summed E-state index contributed by atoms with van der Waals surface area (Å²) in [7, 11) is 14.7. The van der Waals surface area contributed by atoms with Gasteiger partial charge in [0.05, 0.1) is 15.7 Å². The van der Waals surface area contributed by atoms with Gasteiger partial charge in [0.25, 0.3) is 0 Å². The van der Waals surface area contributed by atoms with E-state index in [1.807, 2.05) is 0 Å². The van der Waals surface area contributed by atoms with Gasteiger partial charge in [0, 0.05) is 12.9 Å². The van der Waals surface area contributed by atoms with Crippen molar-refractivity contribution in [3.05, 3.63) is 0 Å². The van der Waals surface area contributed by atoms with Crippen LogP contribution in [0.2, 0.25) is 10.6 Å². The van der Waals surface area contributed by atoms with Gasteiger partial charge < -0.3 is 0 Å². The van der Waals surface area contributed by atoms with Crippen LogP contribution in [-0.4, -0.2) is 28.6 Å². The van der Waals surface area contributed by atoms with Crippen molar-refractivity contribution in [2.45, 2.75) is 49.2 Å². The summed E-state index contributed by atoms with van der Waals surface area (Å²) in [4.78, 5) is 0. The number of hydrogen-bond donors (Lipinski definition) is 2. The van der Waals surface area contributed by atoms with Crippen LogP contribution in [0.4, 0.5) is 0 Å². The lowest BCUT2D eigenvalue weighted by Crippen LogP contribution is -3.03. The SMILES string of the molecule is [B]C12C3C4CCC4C3C1C1C3C4C5C6C(C5C4(I)C3C12)C1([B])C6C2C3CCC3(S)C21S. The Bertz CT molecular complexity index is 1120. The topological polar surface area (TPSA) is 0 Å². The molecule has 12 aliphatic rings. The Hall–Kier alpha value is 1.56. The minimum absolute atomic E-state index is 0.0138. The molecule has 0 saturated heterocycles. The maximum Gasteiger partial charge on any atom is 0.0774 e. The van der Waals surface area contributed by atoms with Crippen LogP contribution in [0.25, 0.3) is 0 Å². The molecule has 22 atom stereocenters. The molecule has 4 radical (unpaired) electrons. The van der Waals surface area contributed by atoms with E-state index in [2.05, 4.69) is 22.6 Å². The van der Waals surface area contributed by atoms with E-state index in [9.17, 15) is 0 Å². The molecule has 0 nitrogen and oxygen atoms in total. The monoisotopic (exact) mass is 552 g/mol. The van der Waals surface area contributed by atoms with Crippen LogP contribution in [-0.2, 0) is 0 Å². The van der Waals surface area contributed by atoms with Crippen molar-refractivity contribution in [3.63, 3.8) is 0 Å². The predicted octanol–water partition coefficient (Wildman–Crippen LogP) is 4.35. The van der Waals surface area contributed by atoms with E-state index in [1.54, 1.807) is 6.42 Å². The average molecular weight is 552 g/mol. The smallest absolute Gasteiger partial charge is 0.0774 e. The standard InChI is InChI=1S/C26H27B2IS2/c27-23-13-6-2-1-5(6)8(13)15(23)9-10-16-11-12-20-14-7-3-4-22(7,30)26(14,31)25(20,28)21(12)19(11)24(16,29)18(10)17(9)23/h5-21,30-31H,1-4H2. The van der Waals surface area contributed by atoms with E-state index in [-0.39, 0.29) is 20.1 Å². The highest BCUT2D eigenvalue weighted by molar-refractivity contribution is 14.1. The van der Waals surface area contributed by atoms with Gasteiger partial charge in [0.2, 0.25) is 0 Å². The molecular weight excluding hydrogens is 525 g/mol. The third kappa shape index (κ3) is 0.994. The Morgan fingerprint density at radius 1 is 0.645 bits per heavy atom. The summed E-state index contributed by atoms with van der Waals surface area (Å²) in [5.74, 6) is 16.3. The fourth-order valence-electron chi connectivity index (χ4n) is 16.1. The number of alkyl halides is 1. The number of thiol groups is 2. The maximum atomic E-state index is 7.40. The van der Waals surface area contributed by atoms with Crippen LogP contribution < -0.4 is 0 Å². The summed E-state index contributed by atoms with van der Waals surface area (Å²) in [6.45, 7) is 0. The quantitative estimate of drug-likeness (QED) is 0.144. The molecule has 12 saturated carbocycles. The molecule has 0 aromatic heterocycles. The normalized spacial score (nSPS) is 93.7. The first-order valence-electron chi connectivity index (χ1n) is 13.5. The van der Waals surface area contributed by atoms with Gasteiger partial charge in [-0.15, -0.1) is 0 Å². The lowest BCUT2D eigenvalue weighted by atomic mass is 9.00.